The molecule has 2 aliphatic heterocycles. The Morgan fingerprint density at radius 3 is 2.58 bits per heavy atom. The number of carbonyl (C=O) groups is 1. The number of anilines is 1. The third-order valence-electron chi connectivity index (χ3n) is 5.46. The molecule has 0 spiro atoms. The minimum atomic E-state index is -0.687. The molecule has 2 atom stereocenters. The van der Waals surface area contributed by atoms with E-state index >= 15 is 0 Å². The average Bonchev–Trinajstić information content (AvgIpc) is 2.61. The summed E-state index contributed by atoms with van der Waals surface area (Å²) >= 11 is 0. The van der Waals surface area contributed by atoms with Crippen molar-refractivity contribution in [3.63, 3.8) is 0 Å². The summed E-state index contributed by atoms with van der Waals surface area (Å²) in [7, 11) is 2.17. The SMILES string of the molecule is CN1CCN([C@H]2CCN(c3ccncc3)C[C@H]2CCC(=O)O)CC1. The van der Waals surface area contributed by atoms with Crippen molar-refractivity contribution < 1.29 is 9.90 Å². The maximum absolute atomic E-state index is 11.1. The van der Waals surface area contributed by atoms with Crippen LogP contribution in [-0.2, 0) is 4.79 Å². The topological polar surface area (TPSA) is 59.9 Å². The summed E-state index contributed by atoms with van der Waals surface area (Å²) in [4.78, 5) is 22.5. The highest BCUT2D eigenvalue weighted by Crippen LogP contribution is 2.29. The lowest BCUT2D eigenvalue weighted by Crippen LogP contribution is -2.56. The summed E-state index contributed by atoms with van der Waals surface area (Å²) in [6.07, 6.45) is 5.78. The molecule has 1 aromatic rings. The molecule has 2 fully saturated rings. The first-order chi connectivity index (χ1) is 11.6. The highest BCUT2D eigenvalue weighted by atomic mass is 16.4. The number of hydrogen-bond acceptors (Lipinski definition) is 5. The van der Waals surface area contributed by atoms with E-state index in [2.05, 4.69) is 26.7 Å². The molecule has 0 unspecified atom stereocenters. The minimum Gasteiger partial charge on any atom is -0.481 e. The Balaban J connectivity index is 1.68. The number of carboxylic acid groups (broad SMARTS) is 1. The van der Waals surface area contributed by atoms with Gasteiger partial charge in [0.15, 0.2) is 0 Å². The first kappa shape index (κ1) is 17.2. The molecule has 1 aromatic heterocycles. The number of carboxylic acids is 1. The van der Waals surface area contributed by atoms with Crippen LogP contribution in [0.2, 0.25) is 0 Å². The fourth-order valence-corrected chi connectivity index (χ4v) is 4.04. The van der Waals surface area contributed by atoms with Crippen LogP contribution < -0.4 is 4.90 Å². The number of hydrogen-bond donors (Lipinski definition) is 1. The van der Waals surface area contributed by atoms with E-state index in [1.165, 1.54) is 5.69 Å². The van der Waals surface area contributed by atoms with E-state index < -0.39 is 5.97 Å². The van der Waals surface area contributed by atoms with Gasteiger partial charge in [0.05, 0.1) is 0 Å². The third-order valence-corrected chi connectivity index (χ3v) is 5.46. The molecule has 6 heteroatoms. The van der Waals surface area contributed by atoms with E-state index in [0.29, 0.717) is 12.0 Å². The second-order valence-corrected chi connectivity index (χ2v) is 7.04. The smallest absolute Gasteiger partial charge is 0.303 e. The molecule has 3 rings (SSSR count). The van der Waals surface area contributed by atoms with Crippen LogP contribution in [0.15, 0.2) is 24.5 Å². The number of piperazine rings is 1. The molecule has 0 bridgehead atoms. The third kappa shape index (κ3) is 4.24. The van der Waals surface area contributed by atoms with Crippen molar-refractivity contribution >= 4 is 11.7 Å². The van der Waals surface area contributed by atoms with Gasteiger partial charge in [0, 0.05) is 69.8 Å². The summed E-state index contributed by atoms with van der Waals surface area (Å²) in [5, 5.41) is 9.12. The Kier molecular flexibility index (Phi) is 5.68. The van der Waals surface area contributed by atoms with Gasteiger partial charge in [0.25, 0.3) is 0 Å². The summed E-state index contributed by atoms with van der Waals surface area (Å²) in [6.45, 7) is 6.38. The summed E-state index contributed by atoms with van der Waals surface area (Å²) in [6, 6.07) is 4.60. The molecule has 0 aromatic carbocycles. The van der Waals surface area contributed by atoms with Crippen LogP contribution in [0.3, 0.4) is 0 Å². The Morgan fingerprint density at radius 1 is 1.21 bits per heavy atom. The quantitative estimate of drug-likeness (QED) is 0.879. The molecule has 2 saturated heterocycles. The van der Waals surface area contributed by atoms with Crippen molar-refractivity contribution in [1.29, 1.82) is 0 Å². The maximum atomic E-state index is 11.1. The van der Waals surface area contributed by atoms with Gasteiger partial charge in [-0.15, -0.1) is 0 Å². The van der Waals surface area contributed by atoms with Gasteiger partial charge in [-0.2, -0.15) is 0 Å². The maximum Gasteiger partial charge on any atom is 0.303 e. The number of piperidine rings is 1. The first-order valence-corrected chi connectivity index (χ1v) is 8.93. The van der Waals surface area contributed by atoms with Crippen molar-refractivity contribution in [2.24, 2.45) is 5.92 Å². The Labute approximate surface area is 144 Å². The fraction of sp³-hybridized carbons (Fsp3) is 0.667. The lowest BCUT2D eigenvalue weighted by molar-refractivity contribution is -0.137. The molecule has 0 aliphatic carbocycles. The second kappa shape index (κ2) is 7.94. The largest absolute Gasteiger partial charge is 0.481 e. The van der Waals surface area contributed by atoms with Crippen molar-refractivity contribution in [2.45, 2.75) is 25.3 Å². The van der Waals surface area contributed by atoms with Crippen LogP contribution >= 0.6 is 0 Å². The van der Waals surface area contributed by atoms with Gasteiger partial charge in [-0.05, 0) is 37.9 Å². The molecule has 24 heavy (non-hydrogen) atoms. The van der Waals surface area contributed by atoms with Crippen LogP contribution in [0, 0.1) is 5.92 Å². The van der Waals surface area contributed by atoms with Crippen LogP contribution in [0.5, 0.6) is 0 Å². The summed E-state index contributed by atoms with van der Waals surface area (Å²) in [5.41, 5.74) is 1.20. The average molecular weight is 332 g/mol. The van der Waals surface area contributed by atoms with Crippen molar-refractivity contribution in [3.8, 4) is 0 Å². The number of aliphatic carboxylic acids is 1. The van der Waals surface area contributed by atoms with Gasteiger partial charge >= 0.3 is 5.97 Å². The van der Waals surface area contributed by atoms with E-state index in [0.717, 1.165) is 52.1 Å². The normalized spacial score (nSPS) is 26.5. The van der Waals surface area contributed by atoms with Crippen molar-refractivity contribution in [1.82, 2.24) is 14.8 Å². The van der Waals surface area contributed by atoms with Crippen molar-refractivity contribution in [2.75, 3.05) is 51.2 Å². The van der Waals surface area contributed by atoms with Gasteiger partial charge in [-0.25, -0.2) is 0 Å². The van der Waals surface area contributed by atoms with Crippen molar-refractivity contribution in [3.05, 3.63) is 24.5 Å². The van der Waals surface area contributed by atoms with E-state index in [1.807, 2.05) is 24.5 Å². The summed E-state index contributed by atoms with van der Waals surface area (Å²) < 4.78 is 0. The lowest BCUT2D eigenvalue weighted by atomic mass is 9.86. The van der Waals surface area contributed by atoms with Gasteiger partial charge < -0.3 is 14.9 Å². The molecule has 1 N–H and O–H groups in total. The Bertz CT molecular complexity index is 531. The van der Waals surface area contributed by atoms with Crippen LogP contribution in [0.4, 0.5) is 5.69 Å². The monoisotopic (exact) mass is 332 g/mol. The predicted octanol–water partition coefficient (Wildman–Crippen LogP) is 1.39. The van der Waals surface area contributed by atoms with Gasteiger partial charge in [-0.3, -0.25) is 14.7 Å². The molecular formula is C18H28N4O2. The lowest BCUT2D eigenvalue weighted by Gasteiger charge is -2.47. The molecule has 2 aliphatic rings. The molecular weight excluding hydrogens is 304 g/mol. The Hall–Kier alpha value is -1.66. The first-order valence-electron chi connectivity index (χ1n) is 8.93. The van der Waals surface area contributed by atoms with Gasteiger partial charge in [0.2, 0.25) is 0 Å². The zero-order valence-electron chi connectivity index (χ0n) is 14.5. The van der Waals surface area contributed by atoms with E-state index in [9.17, 15) is 4.79 Å². The Morgan fingerprint density at radius 2 is 1.92 bits per heavy atom. The molecule has 0 radical (unpaired) electrons. The number of pyridine rings is 1. The van der Waals surface area contributed by atoms with Gasteiger partial charge in [-0.1, -0.05) is 0 Å². The number of likely N-dealkylation sites (N-methyl/N-ethyl adjacent to an activating group) is 1. The minimum absolute atomic E-state index is 0.263. The van der Waals surface area contributed by atoms with Crippen LogP contribution in [0.25, 0.3) is 0 Å². The molecule has 0 saturated carbocycles. The molecule has 132 valence electrons. The number of rotatable bonds is 5. The predicted molar refractivity (Wildman–Crippen MR) is 94.3 cm³/mol. The van der Waals surface area contributed by atoms with Crippen LogP contribution in [-0.4, -0.2) is 78.2 Å². The molecule has 3 heterocycles. The fourth-order valence-electron chi connectivity index (χ4n) is 4.04. The van der Waals surface area contributed by atoms with Crippen LogP contribution in [0.1, 0.15) is 19.3 Å². The number of aromatic nitrogens is 1. The standard InChI is InChI=1S/C18H28N4O2/c1-20-10-12-21(13-11-20)17-6-9-22(16-4-7-19-8-5-16)14-15(17)2-3-18(23)24/h4-5,7-8,15,17H,2-3,6,9-14H2,1H3,(H,23,24)/t15-,17+/m1/s1. The molecule has 6 nitrogen and oxygen atoms in total. The highest BCUT2D eigenvalue weighted by Gasteiger charge is 2.34. The zero-order valence-corrected chi connectivity index (χ0v) is 14.5. The van der Waals surface area contributed by atoms with E-state index in [-0.39, 0.29) is 6.42 Å². The zero-order chi connectivity index (χ0) is 16.9. The molecule has 0 amide bonds. The highest BCUT2D eigenvalue weighted by molar-refractivity contribution is 5.66. The van der Waals surface area contributed by atoms with Gasteiger partial charge in [0.1, 0.15) is 0 Å². The number of nitrogens with zero attached hydrogens (tertiary/aromatic N) is 4. The van der Waals surface area contributed by atoms with E-state index in [1.54, 1.807) is 0 Å². The van der Waals surface area contributed by atoms with E-state index in [4.69, 9.17) is 5.11 Å². The second-order valence-electron chi connectivity index (χ2n) is 7.04. The summed E-state index contributed by atoms with van der Waals surface area (Å²) in [5.74, 6) is -0.278.